The van der Waals surface area contributed by atoms with E-state index >= 15 is 0 Å². The number of Topliss-reactive ketones (excluding diaryl/α,β-unsaturated/α-hetero) is 1. The highest BCUT2D eigenvalue weighted by atomic mass is 16.6. The van der Waals surface area contributed by atoms with Crippen molar-refractivity contribution in [2.45, 2.75) is 71.4 Å². The summed E-state index contributed by atoms with van der Waals surface area (Å²) in [5, 5.41) is 2.66. The van der Waals surface area contributed by atoms with Gasteiger partial charge in [0.15, 0.2) is 5.78 Å². The third kappa shape index (κ3) is 6.03. The van der Waals surface area contributed by atoms with Gasteiger partial charge in [-0.05, 0) is 39.5 Å². The molecule has 0 aromatic rings. The predicted molar refractivity (Wildman–Crippen MR) is 70.4 cm³/mol. The zero-order valence-corrected chi connectivity index (χ0v) is 11.9. The van der Waals surface area contributed by atoms with Crippen molar-refractivity contribution in [3.8, 4) is 0 Å². The monoisotopic (exact) mass is 255 g/mol. The standard InChI is InChI=1S/C14H25NO3/c1-5-11(12(16)9-8-10-6-7-10)15-13(17)18-14(2,3)4/h10-11H,5-9H2,1-4H3,(H,15,17)/t11-/m0/s1. The zero-order valence-electron chi connectivity index (χ0n) is 11.9. The van der Waals surface area contributed by atoms with Gasteiger partial charge in [0.2, 0.25) is 0 Å². The Bertz CT molecular complexity index is 303. The van der Waals surface area contributed by atoms with E-state index in [0.717, 1.165) is 12.3 Å². The van der Waals surface area contributed by atoms with Gasteiger partial charge in [-0.15, -0.1) is 0 Å². The smallest absolute Gasteiger partial charge is 0.408 e. The molecule has 0 heterocycles. The minimum Gasteiger partial charge on any atom is -0.444 e. The molecule has 0 aromatic carbocycles. The lowest BCUT2D eigenvalue weighted by molar-refractivity contribution is -0.121. The lowest BCUT2D eigenvalue weighted by Gasteiger charge is -2.22. The first-order chi connectivity index (χ1) is 8.31. The minimum absolute atomic E-state index is 0.121. The number of hydrogen-bond acceptors (Lipinski definition) is 3. The zero-order chi connectivity index (χ0) is 13.8. The predicted octanol–water partition coefficient (Wildman–Crippen LogP) is 3.05. The Labute approximate surface area is 109 Å². The molecule has 1 rings (SSSR count). The third-order valence-electron chi connectivity index (χ3n) is 2.98. The normalized spacial score (nSPS) is 17.1. The average Bonchev–Trinajstić information content (AvgIpc) is 3.03. The van der Waals surface area contributed by atoms with Crippen LogP contribution in [0.2, 0.25) is 0 Å². The Balaban J connectivity index is 2.34. The summed E-state index contributed by atoms with van der Waals surface area (Å²) >= 11 is 0. The van der Waals surface area contributed by atoms with E-state index in [2.05, 4.69) is 5.32 Å². The van der Waals surface area contributed by atoms with E-state index in [4.69, 9.17) is 4.74 Å². The lowest BCUT2D eigenvalue weighted by Crippen LogP contribution is -2.43. The minimum atomic E-state index is -0.528. The van der Waals surface area contributed by atoms with Crippen LogP contribution >= 0.6 is 0 Å². The molecular weight excluding hydrogens is 230 g/mol. The van der Waals surface area contributed by atoms with E-state index < -0.39 is 17.7 Å². The Morgan fingerprint density at radius 1 is 1.33 bits per heavy atom. The summed E-state index contributed by atoms with van der Waals surface area (Å²) in [5.74, 6) is 0.864. The summed E-state index contributed by atoms with van der Waals surface area (Å²) in [4.78, 5) is 23.5. The van der Waals surface area contributed by atoms with Gasteiger partial charge in [-0.1, -0.05) is 19.8 Å². The Morgan fingerprint density at radius 2 is 1.94 bits per heavy atom. The molecule has 1 atom stereocenters. The highest BCUT2D eigenvalue weighted by Crippen LogP contribution is 2.33. The van der Waals surface area contributed by atoms with Gasteiger partial charge in [-0.3, -0.25) is 4.79 Å². The van der Waals surface area contributed by atoms with Gasteiger partial charge in [0.05, 0.1) is 6.04 Å². The molecule has 1 amide bonds. The van der Waals surface area contributed by atoms with Crippen molar-refractivity contribution >= 4 is 11.9 Å². The van der Waals surface area contributed by atoms with Crippen LogP contribution in [0.1, 0.15) is 59.8 Å². The number of alkyl carbamates (subject to hydrolysis) is 1. The van der Waals surface area contributed by atoms with Crippen molar-refractivity contribution in [2.75, 3.05) is 0 Å². The lowest BCUT2D eigenvalue weighted by atomic mass is 10.0. The Morgan fingerprint density at radius 3 is 2.39 bits per heavy atom. The molecule has 104 valence electrons. The number of nitrogens with one attached hydrogen (secondary N) is 1. The van der Waals surface area contributed by atoms with E-state index in [1.807, 2.05) is 27.7 Å². The summed E-state index contributed by atoms with van der Waals surface area (Å²) < 4.78 is 5.16. The molecule has 0 aromatic heterocycles. The molecule has 0 spiro atoms. The van der Waals surface area contributed by atoms with Crippen LogP contribution in [0.4, 0.5) is 4.79 Å². The molecule has 0 unspecified atom stereocenters. The highest BCUT2D eigenvalue weighted by molar-refractivity contribution is 5.87. The quantitative estimate of drug-likeness (QED) is 0.793. The molecule has 1 N–H and O–H groups in total. The fourth-order valence-corrected chi connectivity index (χ4v) is 1.79. The number of hydrogen-bond donors (Lipinski definition) is 1. The molecule has 0 bridgehead atoms. The number of ether oxygens (including phenoxy) is 1. The second-order valence-electron chi connectivity index (χ2n) is 6.06. The number of carbonyl (C=O) groups is 2. The Hall–Kier alpha value is -1.06. The first kappa shape index (κ1) is 15.0. The average molecular weight is 255 g/mol. The maximum atomic E-state index is 11.9. The molecule has 0 saturated heterocycles. The molecule has 4 heteroatoms. The highest BCUT2D eigenvalue weighted by Gasteiger charge is 2.26. The van der Waals surface area contributed by atoms with Crippen molar-refractivity contribution in [2.24, 2.45) is 5.92 Å². The molecular formula is C14H25NO3. The topological polar surface area (TPSA) is 55.4 Å². The maximum absolute atomic E-state index is 11.9. The molecule has 0 aliphatic heterocycles. The molecule has 0 radical (unpaired) electrons. The maximum Gasteiger partial charge on any atom is 0.408 e. The van der Waals surface area contributed by atoms with Crippen LogP contribution in [0.5, 0.6) is 0 Å². The summed E-state index contributed by atoms with van der Waals surface area (Å²) in [5.41, 5.74) is -0.528. The summed E-state index contributed by atoms with van der Waals surface area (Å²) in [7, 11) is 0. The van der Waals surface area contributed by atoms with Crippen molar-refractivity contribution in [1.29, 1.82) is 0 Å². The summed E-state index contributed by atoms with van der Waals surface area (Å²) in [6.07, 6.45) is 4.15. The van der Waals surface area contributed by atoms with Gasteiger partial charge in [0, 0.05) is 6.42 Å². The van der Waals surface area contributed by atoms with Gasteiger partial charge in [-0.25, -0.2) is 4.79 Å². The van der Waals surface area contributed by atoms with Crippen LogP contribution in [-0.2, 0) is 9.53 Å². The fraction of sp³-hybridized carbons (Fsp3) is 0.857. The van der Waals surface area contributed by atoms with Crippen LogP contribution in [0.3, 0.4) is 0 Å². The first-order valence-electron chi connectivity index (χ1n) is 6.84. The van der Waals surface area contributed by atoms with E-state index in [1.165, 1.54) is 12.8 Å². The van der Waals surface area contributed by atoms with Gasteiger partial charge >= 0.3 is 6.09 Å². The molecule has 1 aliphatic rings. The van der Waals surface area contributed by atoms with Crippen molar-refractivity contribution in [1.82, 2.24) is 5.32 Å². The second kappa shape index (κ2) is 6.21. The van der Waals surface area contributed by atoms with Gasteiger partial charge < -0.3 is 10.1 Å². The van der Waals surface area contributed by atoms with E-state index in [-0.39, 0.29) is 5.78 Å². The van der Waals surface area contributed by atoms with Crippen LogP contribution in [-0.4, -0.2) is 23.5 Å². The summed E-state index contributed by atoms with van der Waals surface area (Å²) in [6.45, 7) is 7.32. The van der Waals surface area contributed by atoms with Crippen molar-refractivity contribution in [3.05, 3.63) is 0 Å². The van der Waals surface area contributed by atoms with Gasteiger partial charge in [0.25, 0.3) is 0 Å². The number of rotatable bonds is 6. The van der Waals surface area contributed by atoms with E-state index in [0.29, 0.717) is 12.8 Å². The van der Waals surface area contributed by atoms with Crippen LogP contribution in [0.15, 0.2) is 0 Å². The largest absolute Gasteiger partial charge is 0.444 e. The van der Waals surface area contributed by atoms with Crippen molar-refractivity contribution < 1.29 is 14.3 Å². The Kier molecular flexibility index (Phi) is 5.17. The number of amides is 1. The molecule has 18 heavy (non-hydrogen) atoms. The van der Waals surface area contributed by atoms with Gasteiger partial charge in [-0.2, -0.15) is 0 Å². The first-order valence-corrected chi connectivity index (χ1v) is 6.84. The molecule has 1 aliphatic carbocycles. The molecule has 1 fully saturated rings. The van der Waals surface area contributed by atoms with Crippen LogP contribution in [0.25, 0.3) is 0 Å². The van der Waals surface area contributed by atoms with Crippen molar-refractivity contribution in [3.63, 3.8) is 0 Å². The van der Waals surface area contributed by atoms with Crippen LogP contribution in [0, 0.1) is 5.92 Å². The number of ketones is 1. The van der Waals surface area contributed by atoms with Gasteiger partial charge in [0.1, 0.15) is 5.60 Å². The second-order valence-corrected chi connectivity index (χ2v) is 6.06. The third-order valence-corrected chi connectivity index (χ3v) is 2.98. The number of carbonyl (C=O) groups excluding carboxylic acids is 2. The van der Waals surface area contributed by atoms with Crippen LogP contribution < -0.4 is 5.32 Å². The fourth-order valence-electron chi connectivity index (χ4n) is 1.79. The van der Waals surface area contributed by atoms with E-state index in [1.54, 1.807) is 0 Å². The summed E-state index contributed by atoms with van der Waals surface area (Å²) in [6, 6.07) is -0.404. The SMILES string of the molecule is CC[C@H](NC(=O)OC(C)(C)C)C(=O)CCC1CC1. The molecule has 1 saturated carbocycles. The van der Waals surface area contributed by atoms with E-state index in [9.17, 15) is 9.59 Å². The molecule has 4 nitrogen and oxygen atoms in total.